The molecule has 0 aromatic heterocycles. The van der Waals surface area contributed by atoms with Crippen molar-refractivity contribution in [2.45, 2.75) is 33.0 Å². The van der Waals surface area contributed by atoms with E-state index in [1.54, 1.807) is 46.1 Å². The van der Waals surface area contributed by atoms with Crippen molar-refractivity contribution in [3.05, 3.63) is 23.8 Å². The number of methoxy groups -OCH3 is 1. The highest BCUT2D eigenvalue weighted by molar-refractivity contribution is 5.71. The van der Waals surface area contributed by atoms with Crippen LogP contribution in [-0.2, 0) is 20.9 Å². The zero-order chi connectivity index (χ0) is 16.6. The number of rotatable bonds is 8. The lowest BCUT2D eigenvalue weighted by molar-refractivity contribution is -0.160. The number of carbonyl (C=O) groups is 1. The van der Waals surface area contributed by atoms with Crippen LogP contribution in [0.4, 0.5) is 0 Å². The topological polar surface area (TPSA) is 74.2 Å². The first kappa shape index (κ1) is 18.3. The van der Waals surface area contributed by atoms with E-state index in [1.165, 1.54) is 0 Å². The lowest BCUT2D eigenvalue weighted by Gasteiger charge is -2.19. The molecule has 0 heterocycles. The maximum absolute atomic E-state index is 11.4. The highest BCUT2D eigenvalue weighted by Gasteiger charge is 2.15. The molecular weight excluding hydrogens is 288 g/mol. The van der Waals surface area contributed by atoms with Crippen molar-refractivity contribution in [2.75, 3.05) is 26.9 Å². The second kappa shape index (κ2) is 8.60. The third-order valence-corrected chi connectivity index (χ3v) is 2.49. The number of carbonyl (C=O) groups excluding carboxylic acids is 1. The molecule has 1 aromatic rings. The number of hydrogen-bond acceptors (Lipinski definition) is 6. The summed E-state index contributed by atoms with van der Waals surface area (Å²) < 4.78 is 20.9. The van der Waals surface area contributed by atoms with Crippen LogP contribution in [0.25, 0.3) is 0 Å². The Labute approximate surface area is 130 Å². The number of benzene rings is 1. The van der Waals surface area contributed by atoms with Crippen LogP contribution in [0.5, 0.6) is 11.5 Å². The van der Waals surface area contributed by atoms with E-state index in [1.807, 2.05) is 0 Å². The Morgan fingerprint density at radius 1 is 1.14 bits per heavy atom. The molecule has 1 rings (SSSR count). The van der Waals surface area contributed by atoms with E-state index in [-0.39, 0.29) is 26.4 Å². The minimum absolute atomic E-state index is 0.0945. The molecule has 0 bridgehead atoms. The van der Waals surface area contributed by atoms with Gasteiger partial charge in [0.2, 0.25) is 0 Å². The Balaban J connectivity index is 2.31. The van der Waals surface area contributed by atoms with Crippen molar-refractivity contribution < 1.29 is 28.8 Å². The van der Waals surface area contributed by atoms with E-state index >= 15 is 0 Å². The maximum Gasteiger partial charge on any atom is 0.332 e. The highest BCUT2D eigenvalue weighted by Crippen LogP contribution is 2.22. The standard InChI is InChI=1S/C16H24O6/c1-16(2,3)22-15(18)11-20-5-6-21-14-8-12(10-17)7-13(9-14)19-4/h7-9,17H,5-6,10-11H2,1-4H3. The molecule has 124 valence electrons. The molecule has 0 fully saturated rings. The van der Waals surface area contributed by atoms with E-state index in [0.717, 1.165) is 0 Å². The summed E-state index contributed by atoms with van der Waals surface area (Å²) in [6.45, 7) is 5.73. The minimum Gasteiger partial charge on any atom is -0.497 e. The van der Waals surface area contributed by atoms with Gasteiger partial charge in [-0.15, -0.1) is 0 Å². The SMILES string of the molecule is COc1cc(CO)cc(OCCOCC(=O)OC(C)(C)C)c1. The van der Waals surface area contributed by atoms with Crippen LogP contribution in [0.15, 0.2) is 18.2 Å². The predicted molar refractivity (Wildman–Crippen MR) is 81.1 cm³/mol. The van der Waals surface area contributed by atoms with Gasteiger partial charge in [-0.05, 0) is 38.5 Å². The second-order valence-corrected chi connectivity index (χ2v) is 5.66. The predicted octanol–water partition coefficient (Wildman–Crippen LogP) is 1.92. The molecule has 22 heavy (non-hydrogen) atoms. The number of esters is 1. The van der Waals surface area contributed by atoms with Gasteiger partial charge in [0.1, 0.15) is 30.3 Å². The summed E-state index contributed by atoms with van der Waals surface area (Å²) in [6.07, 6.45) is 0. The summed E-state index contributed by atoms with van der Waals surface area (Å²) in [7, 11) is 1.55. The summed E-state index contributed by atoms with van der Waals surface area (Å²) in [5.74, 6) is 0.775. The summed E-state index contributed by atoms with van der Waals surface area (Å²) >= 11 is 0. The molecule has 6 heteroatoms. The van der Waals surface area contributed by atoms with E-state index < -0.39 is 11.6 Å². The van der Waals surface area contributed by atoms with Gasteiger partial charge in [0.05, 0.1) is 20.3 Å². The number of hydrogen-bond donors (Lipinski definition) is 1. The molecule has 0 spiro atoms. The molecule has 0 radical (unpaired) electrons. The van der Waals surface area contributed by atoms with Gasteiger partial charge in [0.25, 0.3) is 0 Å². The molecule has 0 unspecified atom stereocenters. The van der Waals surface area contributed by atoms with Crippen LogP contribution in [0, 0.1) is 0 Å². The summed E-state index contributed by atoms with van der Waals surface area (Å²) in [6, 6.07) is 5.16. The molecule has 1 aromatic carbocycles. The monoisotopic (exact) mass is 312 g/mol. The van der Waals surface area contributed by atoms with Crippen LogP contribution in [-0.4, -0.2) is 43.6 Å². The molecule has 0 saturated carbocycles. The lowest BCUT2D eigenvalue weighted by Crippen LogP contribution is -2.27. The Bertz CT molecular complexity index is 456. The van der Waals surface area contributed by atoms with Gasteiger partial charge in [0.15, 0.2) is 0 Å². The fourth-order valence-electron chi connectivity index (χ4n) is 1.67. The highest BCUT2D eigenvalue weighted by atomic mass is 16.6. The van der Waals surface area contributed by atoms with Gasteiger partial charge >= 0.3 is 5.97 Å². The van der Waals surface area contributed by atoms with Crippen LogP contribution >= 0.6 is 0 Å². The molecule has 1 N–H and O–H groups in total. The van der Waals surface area contributed by atoms with Crippen LogP contribution in [0.3, 0.4) is 0 Å². The quantitative estimate of drug-likeness (QED) is 0.584. The molecular formula is C16H24O6. The summed E-state index contributed by atoms with van der Waals surface area (Å²) in [5, 5.41) is 9.16. The Hall–Kier alpha value is -1.79. The third kappa shape index (κ3) is 7.28. The Kier molecular flexibility index (Phi) is 7.14. The van der Waals surface area contributed by atoms with Gasteiger partial charge in [-0.3, -0.25) is 0 Å². The van der Waals surface area contributed by atoms with Crippen molar-refractivity contribution in [3.8, 4) is 11.5 Å². The van der Waals surface area contributed by atoms with Crippen LogP contribution in [0.1, 0.15) is 26.3 Å². The summed E-state index contributed by atoms with van der Waals surface area (Å²) in [5.41, 5.74) is 0.183. The zero-order valence-electron chi connectivity index (χ0n) is 13.5. The fourth-order valence-corrected chi connectivity index (χ4v) is 1.67. The normalized spacial score (nSPS) is 11.1. The van der Waals surface area contributed by atoms with Gasteiger partial charge in [-0.2, -0.15) is 0 Å². The third-order valence-electron chi connectivity index (χ3n) is 2.49. The first-order chi connectivity index (χ1) is 10.3. The number of aliphatic hydroxyl groups is 1. The van der Waals surface area contributed by atoms with Gasteiger partial charge in [0, 0.05) is 6.07 Å². The number of aliphatic hydroxyl groups excluding tert-OH is 1. The first-order valence-electron chi connectivity index (χ1n) is 7.05. The summed E-state index contributed by atoms with van der Waals surface area (Å²) in [4.78, 5) is 11.4. The Morgan fingerprint density at radius 2 is 1.82 bits per heavy atom. The van der Waals surface area contributed by atoms with Crippen molar-refractivity contribution in [1.82, 2.24) is 0 Å². The molecule has 6 nitrogen and oxygen atoms in total. The van der Waals surface area contributed by atoms with Crippen molar-refractivity contribution in [2.24, 2.45) is 0 Å². The van der Waals surface area contributed by atoms with E-state index in [4.69, 9.17) is 24.1 Å². The van der Waals surface area contributed by atoms with Gasteiger partial charge in [-0.1, -0.05) is 0 Å². The first-order valence-corrected chi connectivity index (χ1v) is 7.05. The number of ether oxygens (including phenoxy) is 4. The van der Waals surface area contributed by atoms with Crippen molar-refractivity contribution >= 4 is 5.97 Å². The van der Waals surface area contributed by atoms with Crippen LogP contribution in [0.2, 0.25) is 0 Å². The molecule has 0 amide bonds. The second-order valence-electron chi connectivity index (χ2n) is 5.66. The van der Waals surface area contributed by atoms with Crippen LogP contribution < -0.4 is 9.47 Å². The maximum atomic E-state index is 11.4. The minimum atomic E-state index is -0.516. The van der Waals surface area contributed by atoms with E-state index in [0.29, 0.717) is 17.1 Å². The molecule has 0 atom stereocenters. The average Bonchev–Trinajstić information content (AvgIpc) is 2.44. The lowest BCUT2D eigenvalue weighted by atomic mass is 10.2. The molecule has 0 saturated heterocycles. The molecule has 0 aliphatic rings. The zero-order valence-corrected chi connectivity index (χ0v) is 13.5. The van der Waals surface area contributed by atoms with Gasteiger partial charge < -0.3 is 24.1 Å². The molecule has 0 aliphatic heterocycles. The smallest absolute Gasteiger partial charge is 0.332 e. The van der Waals surface area contributed by atoms with E-state index in [2.05, 4.69) is 0 Å². The molecule has 0 aliphatic carbocycles. The van der Waals surface area contributed by atoms with Crippen molar-refractivity contribution in [1.29, 1.82) is 0 Å². The van der Waals surface area contributed by atoms with Gasteiger partial charge in [-0.25, -0.2) is 4.79 Å². The fraction of sp³-hybridized carbons (Fsp3) is 0.562. The largest absolute Gasteiger partial charge is 0.497 e. The van der Waals surface area contributed by atoms with E-state index in [9.17, 15) is 4.79 Å². The average molecular weight is 312 g/mol. The Morgan fingerprint density at radius 3 is 2.41 bits per heavy atom. The van der Waals surface area contributed by atoms with Crippen molar-refractivity contribution in [3.63, 3.8) is 0 Å².